The predicted molar refractivity (Wildman–Crippen MR) is 69.8 cm³/mol. The Hall–Kier alpha value is -1.26. The number of carbonyl (C=O) groups is 1. The number of nitrogens with one attached hydrogen (secondary N) is 1. The fourth-order valence-corrected chi connectivity index (χ4v) is 1.89. The van der Waals surface area contributed by atoms with E-state index in [1.807, 2.05) is 4.90 Å². The summed E-state index contributed by atoms with van der Waals surface area (Å²) in [5.74, 6) is 0.666. The van der Waals surface area contributed by atoms with E-state index < -0.39 is 0 Å². The molecule has 0 spiro atoms. The maximum atomic E-state index is 11.8. The second kappa shape index (κ2) is 7.92. The van der Waals surface area contributed by atoms with Gasteiger partial charge in [0.25, 0.3) is 0 Å². The molecule has 1 heterocycles. The normalized spacial score (nSPS) is 17.0. The molecule has 0 bridgehead atoms. The smallest absolute Gasteiger partial charge is 0.224 e. The highest BCUT2D eigenvalue weighted by molar-refractivity contribution is 5.80. The van der Waals surface area contributed by atoms with Gasteiger partial charge in [0.05, 0.1) is 0 Å². The van der Waals surface area contributed by atoms with Crippen LogP contribution in [-0.2, 0) is 4.79 Å². The molecule has 0 radical (unpaired) electrons. The van der Waals surface area contributed by atoms with Crippen molar-refractivity contribution in [2.24, 2.45) is 10.7 Å². The molecule has 0 aromatic rings. The molecule has 0 saturated carbocycles. The largest absolute Gasteiger partial charge is 0.370 e. The van der Waals surface area contributed by atoms with Crippen LogP contribution in [0, 0.1) is 0 Å². The number of hydrogen-bond acceptors (Lipinski definition) is 2. The van der Waals surface area contributed by atoms with Gasteiger partial charge >= 0.3 is 0 Å². The fraction of sp³-hybridized carbons (Fsp3) is 0.833. The Bertz CT molecular complexity index is 259. The van der Waals surface area contributed by atoms with Crippen molar-refractivity contribution in [2.75, 3.05) is 26.2 Å². The molecule has 0 unspecified atom stereocenters. The molecule has 0 aromatic carbocycles. The number of amides is 1. The molecule has 1 fully saturated rings. The Morgan fingerprint density at radius 3 is 2.71 bits per heavy atom. The topological polar surface area (TPSA) is 70.7 Å². The van der Waals surface area contributed by atoms with Gasteiger partial charge in [-0.15, -0.1) is 0 Å². The average molecular weight is 240 g/mol. The summed E-state index contributed by atoms with van der Waals surface area (Å²) >= 11 is 0. The number of piperidine rings is 1. The third kappa shape index (κ3) is 5.56. The van der Waals surface area contributed by atoms with Gasteiger partial charge in [0, 0.05) is 32.6 Å². The van der Waals surface area contributed by atoms with Crippen LogP contribution in [-0.4, -0.2) is 42.9 Å². The van der Waals surface area contributed by atoms with Crippen LogP contribution in [0.5, 0.6) is 0 Å². The lowest BCUT2D eigenvalue weighted by Crippen LogP contribution is -2.39. The van der Waals surface area contributed by atoms with Crippen molar-refractivity contribution in [3.8, 4) is 0 Å². The molecule has 1 amide bonds. The van der Waals surface area contributed by atoms with Gasteiger partial charge in [-0.05, 0) is 25.7 Å². The Balaban J connectivity index is 2.14. The molecule has 17 heavy (non-hydrogen) atoms. The molecule has 1 aliphatic rings. The summed E-state index contributed by atoms with van der Waals surface area (Å²) in [6.07, 6.45) is 5.01. The zero-order valence-corrected chi connectivity index (χ0v) is 10.7. The number of rotatable bonds is 5. The maximum Gasteiger partial charge on any atom is 0.224 e. The zero-order valence-electron chi connectivity index (χ0n) is 10.7. The molecule has 98 valence electrons. The van der Waals surface area contributed by atoms with Gasteiger partial charge in [0.2, 0.25) is 5.91 Å². The highest BCUT2D eigenvalue weighted by atomic mass is 16.2. The predicted octanol–water partition coefficient (Wildman–Crippen LogP) is 0.703. The SMILES string of the molecule is CCCN=C(N)NCCC(=O)N1CCCCC1. The first-order chi connectivity index (χ1) is 8.24. The number of likely N-dealkylation sites (tertiary alicyclic amines) is 1. The molecule has 1 aliphatic heterocycles. The second-order valence-electron chi connectivity index (χ2n) is 4.39. The summed E-state index contributed by atoms with van der Waals surface area (Å²) in [7, 11) is 0. The van der Waals surface area contributed by atoms with E-state index in [-0.39, 0.29) is 5.91 Å². The third-order valence-electron chi connectivity index (χ3n) is 2.86. The van der Waals surface area contributed by atoms with Crippen molar-refractivity contribution in [1.29, 1.82) is 0 Å². The third-order valence-corrected chi connectivity index (χ3v) is 2.86. The van der Waals surface area contributed by atoms with Crippen LogP contribution >= 0.6 is 0 Å². The summed E-state index contributed by atoms with van der Waals surface area (Å²) in [5, 5.41) is 2.97. The number of aliphatic imine (C=N–C) groups is 1. The molecular weight excluding hydrogens is 216 g/mol. The number of hydrogen-bond donors (Lipinski definition) is 2. The molecule has 1 rings (SSSR count). The monoisotopic (exact) mass is 240 g/mol. The van der Waals surface area contributed by atoms with Gasteiger partial charge in [-0.1, -0.05) is 6.92 Å². The van der Waals surface area contributed by atoms with Crippen molar-refractivity contribution in [3.05, 3.63) is 0 Å². The van der Waals surface area contributed by atoms with Crippen molar-refractivity contribution in [3.63, 3.8) is 0 Å². The molecule has 0 aliphatic carbocycles. The van der Waals surface area contributed by atoms with Crippen LogP contribution in [0.15, 0.2) is 4.99 Å². The summed E-state index contributed by atoms with van der Waals surface area (Å²) < 4.78 is 0. The zero-order chi connectivity index (χ0) is 12.5. The first-order valence-electron chi connectivity index (χ1n) is 6.55. The highest BCUT2D eigenvalue weighted by Crippen LogP contribution is 2.09. The van der Waals surface area contributed by atoms with Gasteiger partial charge in [-0.3, -0.25) is 9.79 Å². The van der Waals surface area contributed by atoms with Crippen molar-refractivity contribution in [2.45, 2.75) is 39.0 Å². The Labute approximate surface area is 103 Å². The van der Waals surface area contributed by atoms with E-state index in [1.165, 1.54) is 6.42 Å². The standard InChI is InChI=1S/C12H24N4O/c1-2-7-14-12(13)15-8-6-11(17)16-9-4-3-5-10-16/h2-10H2,1H3,(H3,13,14,15). The van der Waals surface area contributed by atoms with Crippen LogP contribution in [0.3, 0.4) is 0 Å². The number of nitrogens with zero attached hydrogens (tertiary/aromatic N) is 2. The molecule has 3 N–H and O–H groups in total. The van der Waals surface area contributed by atoms with Gasteiger partial charge in [-0.2, -0.15) is 0 Å². The lowest BCUT2D eigenvalue weighted by molar-refractivity contribution is -0.131. The average Bonchev–Trinajstić information content (AvgIpc) is 2.37. The van der Waals surface area contributed by atoms with Gasteiger partial charge in [0.1, 0.15) is 0 Å². The minimum atomic E-state index is 0.223. The van der Waals surface area contributed by atoms with Crippen LogP contribution in [0.25, 0.3) is 0 Å². The first kappa shape index (κ1) is 13.8. The van der Waals surface area contributed by atoms with Crippen molar-refractivity contribution < 1.29 is 4.79 Å². The number of carbonyl (C=O) groups excluding carboxylic acids is 1. The fourth-order valence-electron chi connectivity index (χ4n) is 1.89. The number of nitrogens with two attached hydrogens (primary N) is 1. The Kier molecular flexibility index (Phi) is 6.43. The van der Waals surface area contributed by atoms with E-state index in [0.717, 1.165) is 38.9 Å². The van der Waals surface area contributed by atoms with E-state index in [0.29, 0.717) is 18.9 Å². The lowest BCUT2D eigenvalue weighted by atomic mass is 10.1. The van der Waals surface area contributed by atoms with Gasteiger partial charge < -0.3 is 16.0 Å². The van der Waals surface area contributed by atoms with Crippen LogP contribution in [0.2, 0.25) is 0 Å². The Morgan fingerprint density at radius 1 is 1.35 bits per heavy atom. The van der Waals surface area contributed by atoms with Crippen molar-refractivity contribution >= 4 is 11.9 Å². The van der Waals surface area contributed by atoms with Crippen LogP contribution in [0.4, 0.5) is 0 Å². The van der Waals surface area contributed by atoms with Crippen LogP contribution < -0.4 is 11.1 Å². The minimum Gasteiger partial charge on any atom is -0.370 e. The quantitative estimate of drug-likeness (QED) is 0.549. The maximum absolute atomic E-state index is 11.8. The lowest BCUT2D eigenvalue weighted by Gasteiger charge is -2.26. The number of guanidine groups is 1. The highest BCUT2D eigenvalue weighted by Gasteiger charge is 2.15. The molecule has 1 saturated heterocycles. The summed E-state index contributed by atoms with van der Waals surface area (Å²) in [6, 6.07) is 0. The second-order valence-corrected chi connectivity index (χ2v) is 4.39. The minimum absolute atomic E-state index is 0.223. The summed E-state index contributed by atoms with van der Waals surface area (Å²) in [6.45, 7) is 5.19. The molecule has 0 atom stereocenters. The van der Waals surface area contributed by atoms with E-state index in [1.54, 1.807) is 0 Å². The summed E-state index contributed by atoms with van der Waals surface area (Å²) in [4.78, 5) is 17.9. The molecular formula is C12H24N4O. The van der Waals surface area contributed by atoms with E-state index in [2.05, 4.69) is 17.2 Å². The van der Waals surface area contributed by atoms with Gasteiger partial charge in [-0.25, -0.2) is 0 Å². The van der Waals surface area contributed by atoms with Crippen molar-refractivity contribution in [1.82, 2.24) is 10.2 Å². The molecule has 0 aromatic heterocycles. The molecule has 5 heteroatoms. The van der Waals surface area contributed by atoms with Crippen LogP contribution in [0.1, 0.15) is 39.0 Å². The van der Waals surface area contributed by atoms with E-state index >= 15 is 0 Å². The molecule has 5 nitrogen and oxygen atoms in total. The Morgan fingerprint density at radius 2 is 2.06 bits per heavy atom. The summed E-state index contributed by atoms with van der Waals surface area (Å²) in [5.41, 5.74) is 5.64. The van der Waals surface area contributed by atoms with Gasteiger partial charge in [0.15, 0.2) is 5.96 Å². The van der Waals surface area contributed by atoms with E-state index in [9.17, 15) is 4.79 Å². The van der Waals surface area contributed by atoms with E-state index in [4.69, 9.17) is 5.73 Å². The first-order valence-corrected chi connectivity index (χ1v) is 6.55.